The molecule has 0 aliphatic heterocycles. The van der Waals surface area contributed by atoms with Crippen LogP contribution in [0.1, 0.15) is 5.56 Å². The maximum absolute atomic E-state index is 12.3. The third-order valence-electron chi connectivity index (χ3n) is 3.68. The summed E-state index contributed by atoms with van der Waals surface area (Å²) in [5, 5.41) is 0. The fourth-order valence-electron chi connectivity index (χ4n) is 2.40. The van der Waals surface area contributed by atoms with Crippen molar-refractivity contribution in [1.29, 1.82) is 0 Å². The summed E-state index contributed by atoms with van der Waals surface area (Å²) in [5.41, 5.74) is 2.84. The van der Waals surface area contributed by atoms with Crippen molar-refractivity contribution in [2.24, 2.45) is 0 Å². The van der Waals surface area contributed by atoms with Gasteiger partial charge in [0.2, 0.25) is 17.1 Å². The molecule has 0 radical (unpaired) electrons. The number of hydrogen-bond acceptors (Lipinski definition) is 4. The van der Waals surface area contributed by atoms with Crippen LogP contribution < -0.4 is 5.56 Å². The normalized spacial score (nSPS) is 11.1. The van der Waals surface area contributed by atoms with E-state index < -0.39 is 0 Å². The molecule has 1 N–H and O–H groups in total. The summed E-state index contributed by atoms with van der Waals surface area (Å²) >= 11 is 3.39. The summed E-state index contributed by atoms with van der Waals surface area (Å²) in [6, 6.07) is 15.3. The van der Waals surface area contributed by atoms with E-state index in [9.17, 15) is 4.79 Å². The van der Waals surface area contributed by atoms with E-state index in [-0.39, 0.29) is 11.1 Å². The number of nitrogens with zero attached hydrogens (tertiary/aromatic N) is 2. The van der Waals surface area contributed by atoms with Crippen molar-refractivity contribution in [1.82, 2.24) is 15.0 Å². The lowest BCUT2D eigenvalue weighted by Gasteiger charge is -1.99. The second-order valence-electron chi connectivity index (χ2n) is 5.46. The molecule has 0 aliphatic carbocycles. The number of aromatic amines is 1. The van der Waals surface area contributed by atoms with Crippen molar-refractivity contribution >= 4 is 27.2 Å². The average Bonchev–Trinajstić information content (AvgIpc) is 3.01. The minimum Gasteiger partial charge on any atom is -0.428 e. The third-order valence-corrected chi connectivity index (χ3v) is 4.21. The van der Waals surface area contributed by atoms with Crippen LogP contribution in [0.3, 0.4) is 0 Å². The van der Waals surface area contributed by atoms with Gasteiger partial charge in [0.05, 0.1) is 0 Å². The molecule has 0 bridgehead atoms. The van der Waals surface area contributed by atoms with Gasteiger partial charge in [-0.3, -0.25) is 4.79 Å². The molecule has 5 nitrogen and oxygen atoms in total. The first-order valence-corrected chi connectivity index (χ1v) is 8.13. The largest absolute Gasteiger partial charge is 0.428 e. The Morgan fingerprint density at radius 3 is 2.33 bits per heavy atom. The fourth-order valence-corrected chi connectivity index (χ4v) is 2.66. The molecule has 118 valence electrons. The quantitative estimate of drug-likeness (QED) is 0.561. The minimum atomic E-state index is -0.344. The number of halogens is 1. The lowest BCUT2D eigenvalue weighted by Crippen LogP contribution is -2.08. The Labute approximate surface area is 145 Å². The van der Waals surface area contributed by atoms with E-state index in [0.29, 0.717) is 17.4 Å². The van der Waals surface area contributed by atoms with Gasteiger partial charge in [-0.1, -0.05) is 45.8 Å². The number of H-pyrrole nitrogens is 1. The van der Waals surface area contributed by atoms with Gasteiger partial charge in [-0.05, 0) is 31.2 Å². The summed E-state index contributed by atoms with van der Waals surface area (Å²) in [6.07, 6.45) is 0. The molecule has 4 rings (SSSR count). The molecule has 0 saturated heterocycles. The van der Waals surface area contributed by atoms with Gasteiger partial charge in [-0.25, -0.2) is 4.98 Å². The lowest BCUT2D eigenvalue weighted by atomic mass is 10.1. The van der Waals surface area contributed by atoms with Crippen LogP contribution in [-0.4, -0.2) is 15.0 Å². The fraction of sp³-hybridized carbons (Fsp3) is 0.0556. The molecule has 2 aromatic heterocycles. The molecule has 6 heteroatoms. The Morgan fingerprint density at radius 2 is 1.62 bits per heavy atom. The van der Waals surface area contributed by atoms with E-state index in [1.807, 2.05) is 55.5 Å². The van der Waals surface area contributed by atoms with Gasteiger partial charge in [0.15, 0.2) is 0 Å². The standard InChI is InChI=1S/C18H12BrN3O2/c1-10-2-4-12(5-3-10)18-22-16-14(24-18)17(23)21-15(20-16)11-6-8-13(19)9-7-11/h2-9H,1H3,(H,20,21,23). The van der Waals surface area contributed by atoms with Crippen molar-refractivity contribution in [2.75, 3.05) is 0 Å². The predicted molar refractivity (Wildman–Crippen MR) is 95.7 cm³/mol. The molecule has 0 fully saturated rings. The van der Waals surface area contributed by atoms with Crippen molar-refractivity contribution in [2.45, 2.75) is 6.92 Å². The summed E-state index contributed by atoms with van der Waals surface area (Å²) < 4.78 is 6.57. The molecule has 0 unspecified atom stereocenters. The highest BCUT2D eigenvalue weighted by Gasteiger charge is 2.14. The summed E-state index contributed by atoms with van der Waals surface area (Å²) in [6.45, 7) is 2.01. The van der Waals surface area contributed by atoms with E-state index >= 15 is 0 Å². The minimum absolute atomic E-state index is 0.131. The molecule has 2 aromatic carbocycles. The lowest BCUT2D eigenvalue weighted by molar-refractivity contribution is 0.614. The number of hydrogen-bond donors (Lipinski definition) is 1. The number of rotatable bonds is 2. The second-order valence-corrected chi connectivity index (χ2v) is 6.37. The Kier molecular flexibility index (Phi) is 3.54. The summed E-state index contributed by atoms with van der Waals surface area (Å²) in [4.78, 5) is 23.8. The Bertz CT molecular complexity index is 1080. The molecule has 0 spiro atoms. The first-order chi connectivity index (χ1) is 11.6. The maximum Gasteiger partial charge on any atom is 0.296 e. The Balaban J connectivity index is 1.85. The van der Waals surface area contributed by atoms with E-state index in [4.69, 9.17) is 4.42 Å². The van der Waals surface area contributed by atoms with Crippen molar-refractivity contribution in [3.8, 4) is 22.8 Å². The highest BCUT2D eigenvalue weighted by Crippen LogP contribution is 2.23. The van der Waals surface area contributed by atoms with Crippen LogP contribution in [0.2, 0.25) is 0 Å². The molecule has 0 amide bonds. The highest BCUT2D eigenvalue weighted by molar-refractivity contribution is 9.10. The summed E-state index contributed by atoms with van der Waals surface area (Å²) in [5.74, 6) is 0.847. The van der Waals surface area contributed by atoms with Crippen LogP contribution in [0.4, 0.5) is 0 Å². The summed E-state index contributed by atoms with van der Waals surface area (Å²) in [7, 11) is 0. The van der Waals surface area contributed by atoms with Crippen LogP contribution in [-0.2, 0) is 0 Å². The second kappa shape index (κ2) is 5.72. The first-order valence-electron chi connectivity index (χ1n) is 7.34. The van der Waals surface area contributed by atoms with Gasteiger partial charge >= 0.3 is 0 Å². The first kappa shape index (κ1) is 14.8. The number of aryl methyl sites for hydroxylation is 1. The van der Waals surface area contributed by atoms with Crippen LogP contribution in [0.15, 0.2) is 62.2 Å². The molecule has 0 atom stereocenters. The predicted octanol–water partition coefficient (Wildman–Crippen LogP) is 4.32. The Morgan fingerprint density at radius 1 is 0.958 bits per heavy atom. The molecule has 2 heterocycles. The third kappa shape index (κ3) is 2.65. The number of oxazole rings is 1. The van der Waals surface area contributed by atoms with Crippen LogP contribution in [0, 0.1) is 6.92 Å². The zero-order valence-electron chi connectivity index (χ0n) is 12.7. The monoisotopic (exact) mass is 381 g/mol. The molecule has 0 saturated carbocycles. The van der Waals surface area contributed by atoms with Crippen molar-refractivity contribution in [3.63, 3.8) is 0 Å². The number of benzene rings is 2. The van der Waals surface area contributed by atoms with Crippen LogP contribution in [0.5, 0.6) is 0 Å². The van der Waals surface area contributed by atoms with Gasteiger partial charge in [0.1, 0.15) is 5.82 Å². The Hall–Kier alpha value is -2.73. The SMILES string of the molecule is Cc1ccc(-c2nc3nc(-c4ccc(Br)cc4)[nH]c(=O)c3o2)cc1. The van der Waals surface area contributed by atoms with Crippen LogP contribution >= 0.6 is 15.9 Å². The average molecular weight is 382 g/mol. The van der Waals surface area contributed by atoms with E-state index in [2.05, 4.69) is 30.9 Å². The molecule has 24 heavy (non-hydrogen) atoms. The topological polar surface area (TPSA) is 71.8 Å². The zero-order chi connectivity index (χ0) is 16.7. The number of nitrogens with one attached hydrogen (secondary N) is 1. The smallest absolute Gasteiger partial charge is 0.296 e. The number of fused-ring (bicyclic) bond motifs is 1. The highest BCUT2D eigenvalue weighted by atomic mass is 79.9. The zero-order valence-corrected chi connectivity index (χ0v) is 14.3. The molecular weight excluding hydrogens is 370 g/mol. The van der Waals surface area contributed by atoms with Gasteiger partial charge in [0, 0.05) is 15.6 Å². The van der Waals surface area contributed by atoms with Gasteiger partial charge < -0.3 is 9.40 Å². The van der Waals surface area contributed by atoms with Gasteiger partial charge in [0.25, 0.3) is 5.56 Å². The van der Waals surface area contributed by atoms with Gasteiger partial charge in [-0.15, -0.1) is 0 Å². The van der Waals surface area contributed by atoms with E-state index in [1.54, 1.807) is 0 Å². The molecular formula is C18H12BrN3O2. The van der Waals surface area contributed by atoms with E-state index in [0.717, 1.165) is 21.2 Å². The maximum atomic E-state index is 12.3. The van der Waals surface area contributed by atoms with Crippen LogP contribution in [0.25, 0.3) is 34.1 Å². The van der Waals surface area contributed by atoms with Crippen molar-refractivity contribution < 1.29 is 4.42 Å². The molecule has 0 aliphatic rings. The van der Waals surface area contributed by atoms with Crippen molar-refractivity contribution in [3.05, 3.63) is 68.9 Å². The van der Waals surface area contributed by atoms with E-state index in [1.165, 1.54) is 0 Å². The number of aromatic nitrogens is 3. The molecule has 4 aromatic rings. The van der Waals surface area contributed by atoms with Gasteiger partial charge in [-0.2, -0.15) is 4.98 Å².